The molecule has 258 valence electrons. The molecule has 4 aromatic rings. The number of nitrogens with zero attached hydrogens (tertiary/aromatic N) is 4. The molecule has 3 aliphatic rings. The standard InChI is InChI=1S/C36H38F5N7O/c1-4-22-27-20(15-24(38)29(22)39)14-21(42)16-23(27)31-30(40)32-28(25(45-31)13-18(2)26-19(3)44-33(26)41)34(43-10-9-37)47-35(46-32)49-17-36-7-5-11-48(36)12-6-8-36/h1,14-16,18-19,26,33,44H,5-13,17,42H2,2-3H3,(H,43,46,47)/t18-,19?,26?,33?/m0/s1. The number of hydrogen-bond acceptors (Lipinski definition) is 8. The number of ether oxygens (including phenoxy) is 1. The number of nitrogens with one attached hydrogen (secondary N) is 2. The molecule has 4 atom stereocenters. The van der Waals surface area contributed by atoms with Crippen molar-refractivity contribution < 1.29 is 26.7 Å². The lowest BCUT2D eigenvalue weighted by Gasteiger charge is -2.43. The van der Waals surface area contributed by atoms with E-state index in [9.17, 15) is 13.2 Å². The van der Waals surface area contributed by atoms with Crippen LogP contribution in [0.2, 0.25) is 0 Å². The second-order valence-electron chi connectivity index (χ2n) is 13.6. The molecule has 49 heavy (non-hydrogen) atoms. The van der Waals surface area contributed by atoms with Crippen LogP contribution in [0.4, 0.5) is 33.5 Å². The van der Waals surface area contributed by atoms with Crippen molar-refractivity contribution >= 4 is 33.2 Å². The summed E-state index contributed by atoms with van der Waals surface area (Å²) in [7, 11) is 0. The van der Waals surface area contributed by atoms with Gasteiger partial charge in [-0.15, -0.1) is 6.42 Å². The highest BCUT2D eigenvalue weighted by atomic mass is 19.2. The van der Waals surface area contributed by atoms with Crippen LogP contribution in [0.1, 0.15) is 50.8 Å². The van der Waals surface area contributed by atoms with E-state index >= 15 is 8.78 Å². The number of pyridine rings is 1. The molecule has 0 radical (unpaired) electrons. The molecular weight excluding hydrogens is 641 g/mol. The maximum absolute atomic E-state index is 17.1. The minimum Gasteiger partial charge on any atom is -0.461 e. The number of terminal acetylenes is 1. The van der Waals surface area contributed by atoms with E-state index in [4.69, 9.17) is 21.9 Å². The topological polar surface area (TPSA) is 101 Å². The van der Waals surface area contributed by atoms with Crippen molar-refractivity contribution in [3.8, 4) is 29.6 Å². The molecule has 3 saturated heterocycles. The number of aromatic nitrogens is 3. The van der Waals surface area contributed by atoms with Crippen LogP contribution in [-0.2, 0) is 6.42 Å². The molecule has 7 rings (SSSR count). The molecule has 4 N–H and O–H groups in total. The number of halogens is 5. The predicted octanol–water partition coefficient (Wildman–Crippen LogP) is 6.30. The highest BCUT2D eigenvalue weighted by molar-refractivity contribution is 6.04. The van der Waals surface area contributed by atoms with Crippen LogP contribution in [0.25, 0.3) is 32.9 Å². The normalized spacial score (nSPS) is 22.2. The number of benzene rings is 2. The molecule has 0 saturated carbocycles. The first-order valence-corrected chi connectivity index (χ1v) is 16.7. The van der Waals surface area contributed by atoms with Gasteiger partial charge < -0.3 is 15.8 Å². The maximum Gasteiger partial charge on any atom is 0.319 e. The van der Waals surface area contributed by atoms with Gasteiger partial charge in [-0.3, -0.25) is 10.2 Å². The Labute approximate surface area is 281 Å². The summed E-state index contributed by atoms with van der Waals surface area (Å²) in [4.78, 5) is 16.3. The van der Waals surface area contributed by atoms with Gasteiger partial charge in [-0.1, -0.05) is 12.8 Å². The zero-order valence-electron chi connectivity index (χ0n) is 27.4. The first-order chi connectivity index (χ1) is 23.5. The van der Waals surface area contributed by atoms with Gasteiger partial charge in [-0.05, 0) is 81.6 Å². The van der Waals surface area contributed by atoms with Gasteiger partial charge in [0, 0.05) is 35.1 Å². The highest BCUT2D eigenvalue weighted by Crippen LogP contribution is 2.42. The smallest absolute Gasteiger partial charge is 0.319 e. The molecule has 0 aliphatic carbocycles. The summed E-state index contributed by atoms with van der Waals surface area (Å²) >= 11 is 0. The maximum atomic E-state index is 17.1. The number of fused-ring (bicyclic) bond motifs is 3. The molecule has 2 aromatic heterocycles. The predicted molar refractivity (Wildman–Crippen MR) is 179 cm³/mol. The van der Waals surface area contributed by atoms with Crippen LogP contribution >= 0.6 is 0 Å². The molecule has 3 fully saturated rings. The Morgan fingerprint density at radius 3 is 2.55 bits per heavy atom. The van der Waals surface area contributed by atoms with Crippen molar-refractivity contribution in [2.75, 3.05) is 44.0 Å². The fourth-order valence-electron chi connectivity index (χ4n) is 8.23. The summed E-state index contributed by atoms with van der Waals surface area (Å²) < 4.78 is 81.2. The molecular formula is C36H38F5N7O. The van der Waals surface area contributed by atoms with Crippen molar-refractivity contribution in [3.05, 3.63) is 46.9 Å². The Bertz CT molecular complexity index is 1970. The van der Waals surface area contributed by atoms with E-state index in [-0.39, 0.29) is 86.8 Å². The fourth-order valence-corrected chi connectivity index (χ4v) is 8.23. The number of hydrogen-bond donors (Lipinski definition) is 3. The van der Waals surface area contributed by atoms with Gasteiger partial charge in [-0.25, -0.2) is 26.9 Å². The number of anilines is 2. The molecule has 13 heteroatoms. The Morgan fingerprint density at radius 2 is 1.88 bits per heavy atom. The monoisotopic (exact) mass is 679 g/mol. The molecule has 3 aliphatic heterocycles. The van der Waals surface area contributed by atoms with Crippen molar-refractivity contribution in [2.24, 2.45) is 11.8 Å². The number of nitrogen functional groups attached to an aromatic ring is 1. The van der Waals surface area contributed by atoms with Crippen molar-refractivity contribution in [2.45, 2.75) is 63.8 Å². The highest BCUT2D eigenvalue weighted by Gasteiger charge is 2.45. The summed E-state index contributed by atoms with van der Waals surface area (Å²) in [6.07, 6.45) is 8.59. The summed E-state index contributed by atoms with van der Waals surface area (Å²) in [6, 6.07) is 3.54. The number of alkyl halides is 2. The van der Waals surface area contributed by atoms with E-state index in [2.05, 4.69) is 31.4 Å². The molecule has 0 bridgehead atoms. The Balaban J connectivity index is 1.45. The average molecular weight is 680 g/mol. The van der Waals surface area contributed by atoms with Crippen molar-refractivity contribution in [1.29, 1.82) is 0 Å². The first kappa shape index (κ1) is 33.2. The molecule has 0 spiro atoms. The Kier molecular flexibility index (Phi) is 8.73. The lowest BCUT2D eigenvalue weighted by Crippen LogP contribution is -2.60. The Hall–Kier alpha value is -4.28. The Morgan fingerprint density at radius 1 is 1.12 bits per heavy atom. The number of rotatable bonds is 10. The van der Waals surface area contributed by atoms with Crippen molar-refractivity contribution in [3.63, 3.8) is 0 Å². The second kappa shape index (κ2) is 12.9. The van der Waals surface area contributed by atoms with Gasteiger partial charge in [0.15, 0.2) is 23.7 Å². The summed E-state index contributed by atoms with van der Waals surface area (Å²) in [6.45, 7) is 5.13. The van der Waals surface area contributed by atoms with E-state index < -0.39 is 36.0 Å². The third-order valence-electron chi connectivity index (χ3n) is 10.6. The van der Waals surface area contributed by atoms with Gasteiger partial charge in [-0.2, -0.15) is 9.97 Å². The number of nitrogens with two attached hydrogens (primary N) is 1. The van der Waals surface area contributed by atoms with Gasteiger partial charge in [0.1, 0.15) is 30.3 Å². The van der Waals surface area contributed by atoms with Gasteiger partial charge in [0.2, 0.25) is 0 Å². The zero-order chi connectivity index (χ0) is 34.6. The molecule has 5 heterocycles. The van der Waals surface area contributed by atoms with Crippen LogP contribution in [0, 0.1) is 41.6 Å². The summed E-state index contributed by atoms with van der Waals surface area (Å²) in [5, 5.41) is 6.15. The first-order valence-electron chi connectivity index (χ1n) is 16.7. The third-order valence-corrected chi connectivity index (χ3v) is 10.6. The van der Waals surface area contributed by atoms with Gasteiger partial charge >= 0.3 is 6.01 Å². The largest absolute Gasteiger partial charge is 0.461 e. The van der Waals surface area contributed by atoms with E-state index in [0.717, 1.165) is 44.8 Å². The van der Waals surface area contributed by atoms with Crippen LogP contribution in [0.3, 0.4) is 0 Å². The minimum atomic E-state index is -1.26. The minimum absolute atomic E-state index is 0.0305. The van der Waals surface area contributed by atoms with Crippen molar-refractivity contribution in [1.82, 2.24) is 25.2 Å². The molecule has 2 aromatic carbocycles. The molecule has 0 amide bonds. The second-order valence-corrected chi connectivity index (χ2v) is 13.6. The van der Waals surface area contributed by atoms with Crippen LogP contribution in [0.15, 0.2) is 18.2 Å². The average Bonchev–Trinajstić information content (AvgIpc) is 3.65. The lowest BCUT2D eigenvalue weighted by molar-refractivity contribution is 0.00670. The lowest BCUT2D eigenvalue weighted by atomic mass is 9.78. The van der Waals surface area contributed by atoms with E-state index in [1.165, 1.54) is 12.1 Å². The molecule has 8 nitrogen and oxygen atoms in total. The SMILES string of the molecule is C#Cc1c(F)c(F)cc2cc(N)cc(-c3nc(C[C@H](C)C4C(C)NC4F)c4c(NCCF)nc(OCC56CCCN5CCC6)nc4c3F)c12. The molecule has 3 unspecified atom stereocenters. The van der Waals surface area contributed by atoms with Gasteiger partial charge in [0.05, 0.1) is 22.2 Å². The zero-order valence-corrected chi connectivity index (χ0v) is 27.4. The summed E-state index contributed by atoms with van der Waals surface area (Å²) in [5.74, 6) is -1.68. The summed E-state index contributed by atoms with van der Waals surface area (Å²) in [5.41, 5.74) is 5.66. The van der Waals surface area contributed by atoms with Crippen LogP contribution in [0.5, 0.6) is 6.01 Å². The van der Waals surface area contributed by atoms with Crippen LogP contribution in [-0.4, -0.2) is 70.6 Å². The van der Waals surface area contributed by atoms with Crippen LogP contribution < -0.4 is 21.1 Å². The quantitative estimate of drug-likeness (QED) is 0.0778. The van der Waals surface area contributed by atoms with E-state index in [1.807, 2.05) is 13.8 Å². The van der Waals surface area contributed by atoms with E-state index in [1.54, 1.807) is 0 Å². The van der Waals surface area contributed by atoms with E-state index in [0.29, 0.717) is 12.3 Å². The van der Waals surface area contributed by atoms with Gasteiger partial charge in [0.25, 0.3) is 0 Å². The third kappa shape index (κ3) is 5.68. The fraction of sp³-hybridized carbons (Fsp3) is 0.472.